The van der Waals surface area contributed by atoms with Crippen molar-refractivity contribution < 1.29 is 19.3 Å². The van der Waals surface area contributed by atoms with E-state index in [9.17, 15) is 0 Å². The monoisotopic (exact) mass is 411 g/mol. The fourth-order valence-corrected chi connectivity index (χ4v) is 3.26. The Kier molecular flexibility index (Phi) is 6.93. The molecule has 9 nitrogen and oxygen atoms in total. The number of anilines is 1. The van der Waals surface area contributed by atoms with Gasteiger partial charge in [0.15, 0.2) is 28.5 Å². The summed E-state index contributed by atoms with van der Waals surface area (Å²) in [6, 6.07) is 3.79. The van der Waals surface area contributed by atoms with E-state index in [0.29, 0.717) is 53.6 Å². The van der Waals surface area contributed by atoms with Crippen LogP contribution < -0.4 is 19.9 Å². The third-order valence-corrected chi connectivity index (χ3v) is 4.61. The first-order valence-corrected chi connectivity index (χ1v) is 9.44. The maximum atomic E-state index is 8.80. The van der Waals surface area contributed by atoms with Gasteiger partial charge in [0.25, 0.3) is 0 Å². The average molecular weight is 411 g/mol. The normalized spacial score (nSPS) is 10.5. The van der Waals surface area contributed by atoms with Gasteiger partial charge in [0.1, 0.15) is 18.8 Å². The highest BCUT2D eigenvalue weighted by molar-refractivity contribution is 5.81. The summed E-state index contributed by atoms with van der Waals surface area (Å²) in [5.41, 5.74) is 8.21. The van der Waals surface area contributed by atoms with Crippen LogP contribution in [0.25, 0.3) is 11.2 Å². The lowest BCUT2D eigenvalue weighted by Crippen LogP contribution is -2.06. The molecule has 0 aliphatic heterocycles. The summed E-state index contributed by atoms with van der Waals surface area (Å²) in [5, 5.41) is 8.80. The molecule has 3 rings (SSSR count). The molecule has 0 aliphatic rings. The Bertz CT molecular complexity index is 1060. The molecule has 0 fully saturated rings. The first kappa shape index (κ1) is 21.2. The van der Waals surface area contributed by atoms with Crippen LogP contribution in [0.5, 0.6) is 17.2 Å². The van der Waals surface area contributed by atoms with Gasteiger partial charge >= 0.3 is 0 Å². The smallest absolute Gasteiger partial charge is 0.203 e. The van der Waals surface area contributed by atoms with Gasteiger partial charge in [-0.25, -0.2) is 15.0 Å². The third kappa shape index (κ3) is 4.39. The van der Waals surface area contributed by atoms with Crippen LogP contribution >= 0.6 is 0 Å². The Balaban J connectivity index is 1.99. The summed E-state index contributed by atoms with van der Waals surface area (Å²) in [5.74, 6) is 8.41. The molecule has 0 bridgehead atoms. The van der Waals surface area contributed by atoms with Crippen molar-refractivity contribution in [2.24, 2.45) is 0 Å². The van der Waals surface area contributed by atoms with Gasteiger partial charge < -0.3 is 29.6 Å². The van der Waals surface area contributed by atoms with Crippen molar-refractivity contribution in [1.29, 1.82) is 0 Å². The van der Waals surface area contributed by atoms with Crippen LogP contribution in [0, 0.1) is 11.8 Å². The molecule has 1 aromatic carbocycles. The van der Waals surface area contributed by atoms with Crippen LogP contribution in [0.4, 0.5) is 5.82 Å². The van der Waals surface area contributed by atoms with E-state index in [1.54, 1.807) is 21.3 Å². The Labute approximate surface area is 174 Å². The number of nitrogen functional groups attached to an aromatic ring is 1. The molecule has 0 saturated heterocycles. The number of benzene rings is 1. The van der Waals surface area contributed by atoms with Crippen molar-refractivity contribution in [2.75, 3.05) is 33.7 Å². The van der Waals surface area contributed by atoms with Crippen LogP contribution in [0.15, 0.2) is 18.5 Å². The van der Waals surface area contributed by atoms with Gasteiger partial charge in [0.05, 0.1) is 21.3 Å². The largest absolute Gasteiger partial charge is 0.493 e. The number of imidazole rings is 1. The Hall–Kier alpha value is -3.51. The van der Waals surface area contributed by atoms with Crippen molar-refractivity contribution in [2.45, 2.75) is 25.8 Å². The van der Waals surface area contributed by atoms with Gasteiger partial charge in [-0.3, -0.25) is 0 Å². The number of aliphatic hydroxyl groups is 1. The molecule has 9 heteroatoms. The van der Waals surface area contributed by atoms with Crippen LogP contribution in [0.1, 0.15) is 24.2 Å². The summed E-state index contributed by atoms with van der Waals surface area (Å²) < 4.78 is 18.3. The number of rotatable bonds is 8. The lowest BCUT2D eigenvalue weighted by molar-refractivity contribution is 0.324. The second kappa shape index (κ2) is 9.80. The molecular formula is C21H25N5O4. The number of hydrogen-bond acceptors (Lipinski definition) is 8. The minimum atomic E-state index is -0.135. The first-order valence-electron chi connectivity index (χ1n) is 9.44. The van der Waals surface area contributed by atoms with E-state index < -0.39 is 0 Å². The topological polar surface area (TPSA) is 118 Å². The first-order chi connectivity index (χ1) is 14.6. The minimum Gasteiger partial charge on any atom is -0.493 e. The fourth-order valence-electron chi connectivity index (χ4n) is 3.26. The minimum absolute atomic E-state index is 0.135. The van der Waals surface area contributed by atoms with Crippen LogP contribution in [-0.2, 0) is 13.0 Å². The SMILES string of the molecule is COc1cc(Cc2nc3c(N)ncnc3n2CCCC#CCO)cc(OC)c1OC. The Morgan fingerprint density at radius 2 is 1.80 bits per heavy atom. The van der Waals surface area contributed by atoms with Gasteiger partial charge in [-0.2, -0.15) is 0 Å². The number of unbranched alkanes of at least 4 members (excludes halogenated alkanes) is 1. The number of aromatic nitrogens is 4. The lowest BCUT2D eigenvalue weighted by atomic mass is 10.1. The standard InChI is InChI=1S/C21H25N5O4/c1-28-15-10-14(11-16(29-2)19(15)30-3)12-17-25-18-20(22)23-13-24-21(18)26(17)8-6-4-5-7-9-27/h10-11,13,27H,4,6,8-9,12H2,1-3H3,(H2,22,23,24). The molecule has 0 aliphatic carbocycles. The average Bonchev–Trinajstić information content (AvgIpc) is 3.11. The van der Waals surface area contributed by atoms with E-state index in [0.717, 1.165) is 17.8 Å². The number of aryl methyl sites for hydroxylation is 1. The molecule has 3 aromatic rings. The molecule has 30 heavy (non-hydrogen) atoms. The quantitative estimate of drug-likeness (QED) is 0.426. The van der Waals surface area contributed by atoms with Gasteiger partial charge in [-0.1, -0.05) is 5.92 Å². The van der Waals surface area contributed by atoms with Crippen molar-refractivity contribution in [3.63, 3.8) is 0 Å². The second-order valence-corrected chi connectivity index (χ2v) is 6.44. The number of ether oxygens (including phenoxy) is 3. The third-order valence-electron chi connectivity index (χ3n) is 4.61. The zero-order valence-electron chi connectivity index (χ0n) is 17.3. The summed E-state index contributed by atoms with van der Waals surface area (Å²) in [7, 11) is 4.74. The molecule has 0 atom stereocenters. The number of fused-ring (bicyclic) bond motifs is 1. The van der Waals surface area contributed by atoms with Gasteiger partial charge in [-0.15, -0.1) is 5.92 Å². The second-order valence-electron chi connectivity index (χ2n) is 6.44. The predicted molar refractivity (Wildman–Crippen MR) is 113 cm³/mol. The highest BCUT2D eigenvalue weighted by Crippen LogP contribution is 2.38. The fraction of sp³-hybridized carbons (Fsp3) is 0.381. The predicted octanol–water partition coefficient (Wildman–Crippen LogP) is 1.80. The lowest BCUT2D eigenvalue weighted by Gasteiger charge is -2.14. The van der Waals surface area contributed by atoms with Gasteiger partial charge in [0.2, 0.25) is 5.75 Å². The maximum absolute atomic E-state index is 8.80. The number of aliphatic hydroxyl groups excluding tert-OH is 1. The molecule has 2 aromatic heterocycles. The van der Waals surface area contributed by atoms with Gasteiger partial charge in [0, 0.05) is 19.4 Å². The zero-order chi connectivity index (χ0) is 21.5. The van der Waals surface area contributed by atoms with Crippen molar-refractivity contribution >= 4 is 17.0 Å². The van der Waals surface area contributed by atoms with E-state index >= 15 is 0 Å². The molecule has 0 amide bonds. The van der Waals surface area contributed by atoms with Crippen LogP contribution in [-0.4, -0.2) is 52.6 Å². The molecule has 0 radical (unpaired) electrons. The molecule has 0 unspecified atom stereocenters. The molecule has 0 spiro atoms. The van der Waals surface area contributed by atoms with Crippen molar-refractivity contribution in [3.8, 4) is 29.1 Å². The highest BCUT2D eigenvalue weighted by Gasteiger charge is 2.18. The van der Waals surface area contributed by atoms with Crippen LogP contribution in [0.3, 0.4) is 0 Å². The van der Waals surface area contributed by atoms with Crippen molar-refractivity contribution in [1.82, 2.24) is 19.5 Å². The molecule has 3 N–H and O–H groups in total. The summed E-state index contributed by atoms with van der Waals surface area (Å²) >= 11 is 0. The molecular weight excluding hydrogens is 386 g/mol. The van der Waals surface area contributed by atoms with Crippen LogP contribution in [0.2, 0.25) is 0 Å². The molecule has 0 saturated carbocycles. The van der Waals surface area contributed by atoms with E-state index in [1.165, 1.54) is 6.33 Å². The number of nitrogens with zero attached hydrogens (tertiary/aromatic N) is 4. The Morgan fingerprint density at radius 1 is 1.07 bits per heavy atom. The van der Waals surface area contributed by atoms with E-state index in [4.69, 9.17) is 30.0 Å². The number of methoxy groups -OCH3 is 3. The highest BCUT2D eigenvalue weighted by atomic mass is 16.5. The van der Waals surface area contributed by atoms with E-state index in [2.05, 4.69) is 21.8 Å². The number of hydrogen-bond donors (Lipinski definition) is 2. The molecule has 2 heterocycles. The summed E-state index contributed by atoms with van der Waals surface area (Å²) in [6.07, 6.45) is 3.38. The van der Waals surface area contributed by atoms with E-state index in [1.807, 2.05) is 16.7 Å². The number of nitrogens with two attached hydrogens (primary N) is 1. The molecule has 158 valence electrons. The zero-order valence-corrected chi connectivity index (χ0v) is 17.3. The Morgan fingerprint density at radius 3 is 2.43 bits per heavy atom. The summed E-state index contributed by atoms with van der Waals surface area (Å²) in [4.78, 5) is 13.1. The van der Waals surface area contributed by atoms with Crippen molar-refractivity contribution in [3.05, 3.63) is 29.8 Å². The van der Waals surface area contributed by atoms with E-state index in [-0.39, 0.29) is 6.61 Å². The van der Waals surface area contributed by atoms with Gasteiger partial charge in [-0.05, 0) is 24.1 Å². The maximum Gasteiger partial charge on any atom is 0.203 e. The summed E-state index contributed by atoms with van der Waals surface area (Å²) in [6.45, 7) is 0.525.